The fourth-order valence-electron chi connectivity index (χ4n) is 2.93. The van der Waals surface area contributed by atoms with Crippen molar-refractivity contribution in [3.05, 3.63) is 65.2 Å². The van der Waals surface area contributed by atoms with Gasteiger partial charge in [0.05, 0.1) is 0 Å². The molecule has 2 aromatic rings. The highest BCUT2D eigenvalue weighted by Crippen LogP contribution is 2.22. The maximum Gasteiger partial charge on any atom is 0.271 e. The predicted octanol–water partition coefficient (Wildman–Crippen LogP) is 5.92. The lowest BCUT2D eigenvalue weighted by atomic mass is 9.87. The molecule has 0 heterocycles. The average Bonchev–Trinajstić information content (AvgIpc) is 2.72. The standard InChI is InChI=1S/C25H33N3O2/c1-6-7-8-9-18(2)27-28-24(30)20-12-16-22(17-13-20)26-23(29)19-10-14-21(15-11-19)25(3,4)5/h10-17H,6-9H2,1-5H3,(H,26,29)(H,28,30)/b27-18+. The molecule has 0 aromatic heterocycles. The molecule has 30 heavy (non-hydrogen) atoms. The minimum absolute atomic E-state index is 0.0451. The zero-order valence-corrected chi connectivity index (χ0v) is 18.7. The van der Waals surface area contributed by atoms with E-state index in [1.54, 1.807) is 24.3 Å². The van der Waals surface area contributed by atoms with Crippen molar-refractivity contribution in [2.45, 2.75) is 65.7 Å². The van der Waals surface area contributed by atoms with E-state index in [9.17, 15) is 9.59 Å². The van der Waals surface area contributed by atoms with Gasteiger partial charge in [0.1, 0.15) is 0 Å². The third-order valence-corrected chi connectivity index (χ3v) is 4.91. The van der Waals surface area contributed by atoms with Gasteiger partial charge in [-0.05, 0) is 67.1 Å². The van der Waals surface area contributed by atoms with Crippen molar-refractivity contribution >= 4 is 23.2 Å². The number of carbonyl (C=O) groups is 2. The molecule has 0 fully saturated rings. The largest absolute Gasteiger partial charge is 0.322 e. The van der Waals surface area contributed by atoms with E-state index in [1.807, 2.05) is 31.2 Å². The molecular formula is C25H33N3O2. The van der Waals surface area contributed by atoms with Crippen LogP contribution in [0.2, 0.25) is 0 Å². The minimum Gasteiger partial charge on any atom is -0.322 e. The second kappa shape index (κ2) is 10.7. The Kier molecular flexibility index (Phi) is 8.34. The van der Waals surface area contributed by atoms with Gasteiger partial charge in [-0.3, -0.25) is 9.59 Å². The lowest BCUT2D eigenvalue weighted by Gasteiger charge is -2.19. The van der Waals surface area contributed by atoms with Crippen LogP contribution in [0.4, 0.5) is 5.69 Å². The molecule has 0 saturated heterocycles. The smallest absolute Gasteiger partial charge is 0.271 e. The third-order valence-electron chi connectivity index (χ3n) is 4.91. The molecular weight excluding hydrogens is 374 g/mol. The maximum atomic E-state index is 12.5. The summed E-state index contributed by atoms with van der Waals surface area (Å²) >= 11 is 0. The van der Waals surface area contributed by atoms with E-state index in [0.29, 0.717) is 16.8 Å². The summed E-state index contributed by atoms with van der Waals surface area (Å²) in [6.07, 6.45) is 4.28. The molecule has 0 unspecified atom stereocenters. The van der Waals surface area contributed by atoms with Crippen LogP contribution in [0.3, 0.4) is 0 Å². The predicted molar refractivity (Wildman–Crippen MR) is 124 cm³/mol. The van der Waals surface area contributed by atoms with Crippen LogP contribution in [-0.2, 0) is 5.41 Å². The zero-order valence-electron chi connectivity index (χ0n) is 18.7. The molecule has 0 aliphatic heterocycles. The van der Waals surface area contributed by atoms with Crippen LogP contribution in [0.5, 0.6) is 0 Å². The number of amides is 2. The molecule has 0 radical (unpaired) electrons. The summed E-state index contributed by atoms with van der Waals surface area (Å²) in [6, 6.07) is 14.4. The molecule has 0 aliphatic carbocycles. The van der Waals surface area contributed by atoms with Gasteiger partial charge in [0.25, 0.3) is 11.8 Å². The maximum absolute atomic E-state index is 12.5. The number of benzene rings is 2. The summed E-state index contributed by atoms with van der Waals surface area (Å²) in [5.41, 5.74) is 6.45. The molecule has 0 bridgehead atoms. The van der Waals surface area contributed by atoms with Gasteiger partial charge in [-0.1, -0.05) is 52.7 Å². The second-order valence-electron chi connectivity index (χ2n) is 8.60. The highest BCUT2D eigenvalue weighted by Gasteiger charge is 2.14. The van der Waals surface area contributed by atoms with Gasteiger partial charge in [0, 0.05) is 22.5 Å². The van der Waals surface area contributed by atoms with Crippen LogP contribution in [0.1, 0.15) is 86.6 Å². The summed E-state index contributed by atoms with van der Waals surface area (Å²) in [4.78, 5) is 24.7. The summed E-state index contributed by atoms with van der Waals surface area (Å²) in [7, 11) is 0. The average molecular weight is 408 g/mol. The first-order valence-corrected chi connectivity index (χ1v) is 10.6. The Hall–Kier alpha value is -2.95. The van der Waals surface area contributed by atoms with E-state index in [0.717, 1.165) is 31.4 Å². The van der Waals surface area contributed by atoms with Gasteiger partial charge in [-0.2, -0.15) is 5.10 Å². The highest BCUT2D eigenvalue weighted by molar-refractivity contribution is 6.04. The third kappa shape index (κ3) is 7.14. The summed E-state index contributed by atoms with van der Waals surface area (Å²) < 4.78 is 0. The van der Waals surface area contributed by atoms with Crippen LogP contribution >= 0.6 is 0 Å². The zero-order chi connectivity index (χ0) is 22.1. The first-order chi connectivity index (χ1) is 14.2. The van der Waals surface area contributed by atoms with Gasteiger partial charge >= 0.3 is 0 Å². The number of hydrogen-bond acceptors (Lipinski definition) is 3. The van der Waals surface area contributed by atoms with E-state index in [4.69, 9.17) is 0 Å². The molecule has 5 nitrogen and oxygen atoms in total. The first kappa shape index (κ1) is 23.3. The highest BCUT2D eigenvalue weighted by atomic mass is 16.2. The van der Waals surface area contributed by atoms with Crippen LogP contribution in [-0.4, -0.2) is 17.5 Å². The first-order valence-electron chi connectivity index (χ1n) is 10.6. The molecule has 2 aromatic carbocycles. The van der Waals surface area contributed by atoms with Gasteiger partial charge in [-0.25, -0.2) is 5.43 Å². The van der Waals surface area contributed by atoms with Crippen molar-refractivity contribution in [1.82, 2.24) is 5.43 Å². The lowest BCUT2D eigenvalue weighted by molar-refractivity contribution is 0.0954. The van der Waals surface area contributed by atoms with Crippen LogP contribution in [0, 0.1) is 0 Å². The number of hydrogen-bond donors (Lipinski definition) is 2. The molecule has 160 valence electrons. The Morgan fingerprint density at radius 1 is 0.867 bits per heavy atom. The van der Waals surface area contributed by atoms with Gasteiger partial charge in [0.15, 0.2) is 0 Å². The summed E-state index contributed by atoms with van der Waals surface area (Å²) in [6.45, 7) is 10.5. The number of unbranched alkanes of at least 4 members (excludes halogenated alkanes) is 2. The molecule has 0 spiro atoms. The fraction of sp³-hybridized carbons (Fsp3) is 0.400. The molecule has 2 amide bonds. The number of nitrogens with zero attached hydrogens (tertiary/aromatic N) is 1. The van der Waals surface area contributed by atoms with E-state index < -0.39 is 0 Å². The van der Waals surface area contributed by atoms with Crippen molar-refractivity contribution in [3.8, 4) is 0 Å². The number of nitrogens with one attached hydrogen (secondary N) is 2. The number of hydrazone groups is 1. The van der Waals surface area contributed by atoms with Crippen molar-refractivity contribution in [3.63, 3.8) is 0 Å². The van der Waals surface area contributed by atoms with Gasteiger partial charge in [-0.15, -0.1) is 0 Å². The monoisotopic (exact) mass is 407 g/mol. The molecule has 2 rings (SSSR count). The molecule has 0 atom stereocenters. The molecule has 2 N–H and O–H groups in total. The number of rotatable bonds is 8. The van der Waals surface area contributed by atoms with E-state index in [-0.39, 0.29) is 17.2 Å². The summed E-state index contributed by atoms with van der Waals surface area (Å²) in [5, 5.41) is 7.02. The Morgan fingerprint density at radius 3 is 2.00 bits per heavy atom. The normalized spacial score (nSPS) is 11.8. The summed E-state index contributed by atoms with van der Waals surface area (Å²) in [5.74, 6) is -0.444. The van der Waals surface area contributed by atoms with Crippen LogP contribution < -0.4 is 10.7 Å². The Morgan fingerprint density at radius 2 is 1.43 bits per heavy atom. The van der Waals surface area contributed by atoms with Crippen molar-refractivity contribution < 1.29 is 9.59 Å². The Bertz CT molecular complexity index is 876. The van der Waals surface area contributed by atoms with Gasteiger partial charge < -0.3 is 5.32 Å². The van der Waals surface area contributed by atoms with Crippen LogP contribution in [0.15, 0.2) is 53.6 Å². The van der Waals surface area contributed by atoms with Crippen molar-refractivity contribution in [2.75, 3.05) is 5.32 Å². The van der Waals surface area contributed by atoms with Crippen molar-refractivity contribution in [1.29, 1.82) is 0 Å². The molecule has 5 heteroatoms. The quantitative estimate of drug-likeness (QED) is 0.324. The molecule has 0 aliphatic rings. The lowest BCUT2D eigenvalue weighted by Crippen LogP contribution is -2.19. The fourth-order valence-corrected chi connectivity index (χ4v) is 2.93. The SMILES string of the molecule is CCCCC/C(C)=N/NC(=O)c1ccc(NC(=O)c2ccc(C(C)(C)C)cc2)cc1. The Labute approximate surface area is 180 Å². The molecule has 0 saturated carbocycles. The number of anilines is 1. The Balaban J connectivity index is 1.93. The van der Waals surface area contributed by atoms with E-state index >= 15 is 0 Å². The second-order valence-corrected chi connectivity index (χ2v) is 8.60. The van der Waals surface area contributed by atoms with Gasteiger partial charge in [0.2, 0.25) is 0 Å². The van der Waals surface area contributed by atoms with E-state index in [1.165, 1.54) is 5.56 Å². The van der Waals surface area contributed by atoms with E-state index in [2.05, 4.69) is 43.5 Å². The number of carbonyl (C=O) groups excluding carboxylic acids is 2. The topological polar surface area (TPSA) is 70.6 Å². The van der Waals surface area contributed by atoms with Crippen LogP contribution in [0.25, 0.3) is 0 Å². The van der Waals surface area contributed by atoms with Crippen molar-refractivity contribution in [2.24, 2.45) is 5.10 Å². The minimum atomic E-state index is -0.263.